The molecule has 3 rings (SSSR count). The fraction of sp³-hybridized carbons (Fsp3) is 0.182. The van der Waals surface area contributed by atoms with Gasteiger partial charge in [-0.05, 0) is 49.9 Å². The summed E-state index contributed by atoms with van der Waals surface area (Å²) >= 11 is 0.980. The van der Waals surface area contributed by atoms with E-state index in [0.717, 1.165) is 17.4 Å². The molecule has 0 aliphatic carbocycles. The Balaban J connectivity index is 1.85. The van der Waals surface area contributed by atoms with E-state index < -0.39 is 11.7 Å². The molecule has 1 N–H and O–H groups in total. The summed E-state index contributed by atoms with van der Waals surface area (Å²) in [5, 5.41) is 6.89. The van der Waals surface area contributed by atoms with Gasteiger partial charge in [0.25, 0.3) is 16.9 Å². The number of benzene rings is 2. The SMILES string of the molecule is Cc1nn(-c2ccccc2)c(C)c1C(=O)C(=O)Nc1ccccc1SC(=O)N(C)C. The Labute approximate surface area is 179 Å². The Kier molecular flexibility index (Phi) is 6.37. The van der Waals surface area contributed by atoms with Crippen molar-refractivity contribution < 1.29 is 14.4 Å². The molecule has 2 amide bonds. The van der Waals surface area contributed by atoms with E-state index in [-0.39, 0.29) is 10.8 Å². The van der Waals surface area contributed by atoms with Crippen LogP contribution in [0.2, 0.25) is 0 Å². The summed E-state index contributed by atoms with van der Waals surface area (Å²) in [5.74, 6) is -1.45. The third-order valence-corrected chi connectivity index (χ3v) is 5.54. The average molecular weight is 423 g/mol. The lowest BCUT2D eigenvalue weighted by Gasteiger charge is -2.13. The van der Waals surface area contributed by atoms with Crippen molar-refractivity contribution in [2.75, 3.05) is 19.4 Å². The van der Waals surface area contributed by atoms with E-state index in [1.165, 1.54) is 4.90 Å². The minimum absolute atomic E-state index is 0.182. The predicted octanol–water partition coefficient (Wildman–Crippen LogP) is 4.08. The third-order valence-electron chi connectivity index (χ3n) is 4.42. The second-order valence-electron chi connectivity index (χ2n) is 6.83. The molecule has 0 fully saturated rings. The number of Topliss-reactive ketones (excluding diaryl/α,β-unsaturated/α-hetero) is 1. The second-order valence-corrected chi connectivity index (χ2v) is 7.83. The fourth-order valence-electron chi connectivity index (χ4n) is 2.93. The van der Waals surface area contributed by atoms with E-state index in [1.54, 1.807) is 56.9 Å². The van der Waals surface area contributed by atoms with Gasteiger partial charge in [0.2, 0.25) is 0 Å². The molecule has 0 aliphatic heterocycles. The summed E-state index contributed by atoms with van der Waals surface area (Å²) in [4.78, 5) is 39.7. The standard InChI is InChI=1S/C22H22N4O3S/c1-14-19(15(2)26(24-14)16-10-6-5-7-11-16)20(27)21(28)23-17-12-8-9-13-18(17)30-22(29)25(3)4/h5-13H,1-4H3,(H,23,28). The van der Waals surface area contributed by atoms with Crippen molar-refractivity contribution in [3.8, 4) is 5.69 Å². The number of para-hydroxylation sites is 2. The Morgan fingerprint density at radius 2 is 1.60 bits per heavy atom. The third kappa shape index (κ3) is 4.44. The highest BCUT2D eigenvalue weighted by molar-refractivity contribution is 8.13. The van der Waals surface area contributed by atoms with Crippen molar-refractivity contribution >= 4 is 34.4 Å². The summed E-state index contributed by atoms with van der Waals surface area (Å²) in [6.45, 7) is 3.46. The van der Waals surface area contributed by atoms with Gasteiger partial charge in [-0.2, -0.15) is 5.10 Å². The van der Waals surface area contributed by atoms with Crippen LogP contribution in [0.5, 0.6) is 0 Å². The van der Waals surface area contributed by atoms with Gasteiger partial charge in [-0.1, -0.05) is 30.3 Å². The highest BCUT2D eigenvalue weighted by Crippen LogP contribution is 2.29. The molecular formula is C22H22N4O3S. The number of anilines is 1. The van der Waals surface area contributed by atoms with Gasteiger partial charge in [-0.3, -0.25) is 14.4 Å². The molecule has 0 saturated carbocycles. The van der Waals surface area contributed by atoms with Crippen molar-refractivity contribution in [2.45, 2.75) is 18.7 Å². The monoisotopic (exact) mass is 422 g/mol. The number of rotatable bonds is 5. The van der Waals surface area contributed by atoms with Crippen molar-refractivity contribution in [2.24, 2.45) is 0 Å². The van der Waals surface area contributed by atoms with Gasteiger partial charge in [0, 0.05) is 19.0 Å². The zero-order valence-corrected chi connectivity index (χ0v) is 18.0. The molecule has 8 heteroatoms. The van der Waals surface area contributed by atoms with Crippen LogP contribution in [0.1, 0.15) is 21.7 Å². The summed E-state index contributed by atoms with van der Waals surface area (Å²) in [7, 11) is 3.30. The molecular weight excluding hydrogens is 400 g/mol. The van der Waals surface area contributed by atoms with Crippen LogP contribution in [0.3, 0.4) is 0 Å². The van der Waals surface area contributed by atoms with Crippen LogP contribution >= 0.6 is 11.8 Å². The highest BCUT2D eigenvalue weighted by atomic mass is 32.2. The molecule has 1 heterocycles. The topological polar surface area (TPSA) is 84.3 Å². The number of thioether (sulfide) groups is 1. The smallest absolute Gasteiger partial charge is 0.296 e. The summed E-state index contributed by atoms with van der Waals surface area (Å²) < 4.78 is 1.65. The Morgan fingerprint density at radius 3 is 2.27 bits per heavy atom. The van der Waals surface area contributed by atoms with Gasteiger partial charge < -0.3 is 10.2 Å². The van der Waals surface area contributed by atoms with Crippen LogP contribution in [0, 0.1) is 13.8 Å². The quantitative estimate of drug-likeness (QED) is 0.380. The molecule has 0 atom stereocenters. The number of hydrogen-bond donors (Lipinski definition) is 1. The lowest BCUT2D eigenvalue weighted by molar-refractivity contribution is -0.112. The van der Waals surface area contributed by atoms with Gasteiger partial charge in [-0.25, -0.2) is 4.68 Å². The van der Waals surface area contributed by atoms with Gasteiger partial charge >= 0.3 is 0 Å². The first-order valence-corrected chi connectivity index (χ1v) is 10.1. The molecule has 0 saturated heterocycles. The molecule has 0 spiro atoms. The highest BCUT2D eigenvalue weighted by Gasteiger charge is 2.26. The Hall–Kier alpha value is -3.39. The van der Waals surface area contributed by atoms with Gasteiger partial charge in [-0.15, -0.1) is 0 Å². The van der Waals surface area contributed by atoms with Crippen LogP contribution in [0.15, 0.2) is 59.5 Å². The van der Waals surface area contributed by atoms with E-state index in [9.17, 15) is 14.4 Å². The van der Waals surface area contributed by atoms with Crippen molar-refractivity contribution in [3.05, 3.63) is 71.5 Å². The van der Waals surface area contributed by atoms with Crippen LogP contribution in [-0.2, 0) is 4.79 Å². The average Bonchev–Trinajstić information content (AvgIpc) is 3.03. The molecule has 1 aromatic heterocycles. The van der Waals surface area contributed by atoms with Crippen LogP contribution in [0.25, 0.3) is 5.69 Å². The number of aromatic nitrogens is 2. The molecule has 0 radical (unpaired) electrons. The normalized spacial score (nSPS) is 10.5. The van der Waals surface area contributed by atoms with Gasteiger partial charge in [0.15, 0.2) is 0 Å². The molecule has 0 aliphatic rings. The molecule has 154 valence electrons. The fourth-order valence-corrected chi connectivity index (χ4v) is 3.68. The summed E-state index contributed by atoms with van der Waals surface area (Å²) in [6.07, 6.45) is 0. The molecule has 0 bridgehead atoms. The largest absolute Gasteiger partial charge is 0.339 e. The van der Waals surface area contributed by atoms with E-state index in [0.29, 0.717) is 22.0 Å². The first kappa shape index (κ1) is 21.3. The van der Waals surface area contributed by atoms with Crippen LogP contribution < -0.4 is 5.32 Å². The number of amides is 2. The van der Waals surface area contributed by atoms with Gasteiger partial charge in [0.1, 0.15) is 0 Å². The zero-order chi connectivity index (χ0) is 21.8. The van der Waals surface area contributed by atoms with Crippen molar-refractivity contribution in [3.63, 3.8) is 0 Å². The van der Waals surface area contributed by atoms with Crippen LogP contribution in [-0.4, -0.2) is 45.7 Å². The molecule has 2 aromatic carbocycles. The maximum Gasteiger partial charge on any atom is 0.296 e. The zero-order valence-electron chi connectivity index (χ0n) is 17.2. The predicted molar refractivity (Wildman–Crippen MR) is 117 cm³/mol. The molecule has 0 unspecified atom stereocenters. The summed E-state index contributed by atoms with van der Waals surface area (Å²) in [5.41, 5.74) is 2.54. The number of carbonyl (C=O) groups excluding carboxylic acids is 3. The van der Waals surface area contributed by atoms with E-state index >= 15 is 0 Å². The Bertz CT molecular complexity index is 1110. The number of hydrogen-bond acceptors (Lipinski definition) is 5. The van der Waals surface area contributed by atoms with Crippen molar-refractivity contribution in [1.82, 2.24) is 14.7 Å². The van der Waals surface area contributed by atoms with E-state index in [2.05, 4.69) is 10.4 Å². The van der Waals surface area contributed by atoms with E-state index in [4.69, 9.17) is 0 Å². The van der Waals surface area contributed by atoms with Crippen LogP contribution in [0.4, 0.5) is 10.5 Å². The molecule has 3 aromatic rings. The summed E-state index contributed by atoms with van der Waals surface area (Å²) in [6, 6.07) is 16.3. The van der Waals surface area contributed by atoms with E-state index in [1.807, 2.05) is 30.3 Å². The molecule has 30 heavy (non-hydrogen) atoms. The first-order valence-electron chi connectivity index (χ1n) is 9.25. The minimum Gasteiger partial charge on any atom is -0.339 e. The number of nitrogens with zero attached hydrogens (tertiary/aromatic N) is 3. The maximum absolute atomic E-state index is 12.9. The maximum atomic E-state index is 12.9. The lowest BCUT2D eigenvalue weighted by atomic mass is 10.1. The minimum atomic E-state index is -0.779. The van der Waals surface area contributed by atoms with Crippen molar-refractivity contribution in [1.29, 1.82) is 0 Å². The number of carbonyl (C=O) groups is 3. The number of ketones is 1. The number of nitrogens with one attached hydrogen (secondary N) is 1. The lowest BCUT2D eigenvalue weighted by Crippen LogP contribution is -2.24. The number of aryl methyl sites for hydroxylation is 1. The second kappa shape index (κ2) is 8.96. The first-order chi connectivity index (χ1) is 14.3. The Morgan fingerprint density at radius 1 is 0.967 bits per heavy atom. The molecule has 7 nitrogen and oxygen atoms in total. The van der Waals surface area contributed by atoms with Gasteiger partial charge in [0.05, 0.1) is 28.3 Å².